The van der Waals surface area contributed by atoms with Gasteiger partial charge in [0, 0.05) is 19.6 Å². The zero-order valence-corrected chi connectivity index (χ0v) is 9.20. The predicted molar refractivity (Wildman–Crippen MR) is 58.4 cm³/mol. The van der Waals surface area contributed by atoms with Crippen molar-refractivity contribution in [2.24, 2.45) is 0 Å². The number of halogens is 1. The van der Waals surface area contributed by atoms with Crippen LogP contribution in [0.2, 0.25) is 0 Å². The minimum absolute atomic E-state index is 0.399. The lowest BCUT2D eigenvalue weighted by molar-refractivity contribution is 0.609. The molecule has 0 aliphatic carbocycles. The van der Waals surface area contributed by atoms with Crippen LogP contribution in [0.15, 0.2) is 12.4 Å². The number of nitrogens with one attached hydrogen (secondary N) is 1. The first kappa shape index (κ1) is 11.8. The molecule has 0 saturated carbocycles. The molecule has 1 aromatic rings. The van der Waals surface area contributed by atoms with Crippen molar-refractivity contribution in [2.45, 2.75) is 13.3 Å². The third-order valence-corrected chi connectivity index (χ3v) is 2.01. The van der Waals surface area contributed by atoms with Gasteiger partial charge in [0.2, 0.25) is 5.95 Å². The number of anilines is 1. The smallest absolute Gasteiger partial charge is 0.225 e. The first-order chi connectivity index (χ1) is 7.27. The van der Waals surface area contributed by atoms with Gasteiger partial charge in [0.1, 0.15) is 0 Å². The summed E-state index contributed by atoms with van der Waals surface area (Å²) in [6, 6.07) is 0. The molecule has 5 heteroatoms. The summed E-state index contributed by atoms with van der Waals surface area (Å²) in [5.74, 6) is 0.192. The van der Waals surface area contributed by atoms with Crippen molar-refractivity contribution in [1.82, 2.24) is 15.3 Å². The summed E-state index contributed by atoms with van der Waals surface area (Å²) >= 11 is 0. The highest BCUT2D eigenvalue weighted by molar-refractivity contribution is 5.28. The molecular weight excluding hydrogens is 195 g/mol. The van der Waals surface area contributed by atoms with E-state index in [4.69, 9.17) is 0 Å². The topological polar surface area (TPSA) is 41.0 Å². The molecule has 0 unspecified atom stereocenters. The lowest BCUT2D eigenvalue weighted by Gasteiger charge is -2.21. The average molecular weight is 212 g/mol. The molecule has 1 heterocycles. The molecule has 0 amide bonds. The van der Waals surface area contributed by atoms with Gasteiger partial charge in [-0.3, -0.25) is 0 Å². The minimum atomic E-state index is -0.399. The van der Waals surface area contributed by atoms with Crippen LogP contribution >= 0.6 is 0 Å². The SMILES string of the molecule is CCCN(CCNC)c1ncc(F)cn1. The number of nitrogens with zero attached hydrogens (tertiary/aromatic N) is 3. The fourth-order valence-corrected chi connectivity index (χ4v) is 1.30. The second kappa shape index (κ2) is 6.29. The molecular formula is C10H17FN4. The molecule has 84 valence electrons. The number of rotatable bonds is 6. The van der Waals surface area contributed by atoms with Crippen molar-refractivity contribution in [1.29, 1.82) is 0 Å². The molecule has 0 bridgehead atoms. The van der Waals surface area contributed by atoms with Crippen molar-refractivity contribution >= 4 is 5.95 Å². The van der Waals surface area contributed by atoms with Crippen molar-refractivity contribution in [3.63, 3.8) is 0 Å². The summed E-state index contributed by atoms with van der Waals surface area (Å²) in [4.78, 5) is 9.96. The van der Waals surface area contributed by atoms with Gasteiger partial charge in [-0.1, -0.05) is 6.92 Å². The Morgan fingerprint density at radius 2 is 2.00 bits per heavy atom. The highest BCUT2D eigenvalue weighted by Gasteiger charge is 2.07. The molecule has 0 saturated heterocycles. The quantitative estimate of drug-likeness (QED) is 0.765. The summed E-state index contributed by atoms with van der Waals surface area (Å²) < 4.78 is 12.6. The Hall–Kier alpha value is -1.23. The molecule has 0 spiro atoms. The highest BCUT2D eigenvalue weighted by Crippen LogP contribution is 2.06. The van der Waals surface area contributed by atoms with Gasteiger partial charge in [0.05, 0.1) is 12.4 Å². The van der Waals surface area contributed by atoms with Crippen LogP contribution in [0, 0.1) is 5.82 Å². The van der Waals surface area contributed by atoms with Gasteiger partial charge < -0.3 is 10.2 Å². The van der Waals surface area contributed by atoms with Gasteiger partial charge in [0.25, 0.3) is 0 Å². The maximum atomic E-state index is 12.6. The first-order valence-electron chi connectivity index (χ1n) is 5.15. The Morgan fingerprint density at radius 1 is 1.33 bits per heavy atom. The zero-order valence-electron chi connectivity index (χ0n) is 9.20. The maximum Gasteiger partial charge on any atom is 0.225 e. The Morgan fingerprint density at radius 3 is 2.53 bits per heavy atom. The number of likely N-dealkylation sites (N-methyl/N-ethyl adjacent to an activating group) is 1. The summed E-state index contributed by atoms with van der Waals surface area (Å²) in [7, 11) is 1.90. The fourth-order valence-electron chi connectivity index (χ4n) is 1.30. The Labute approximate surface area is 89.5 Å². The molecule has 0 aliphatic heterocycles. The molecule has 0 aromatic carbocycles. The minimum Gasteiger partial charge on any atom is -0.340 e. The highest BCUT2D eigenvalue weighted by atomic mass is 19.1. The summed E-state index contributed by atoms with van der Waals surface area (Å²) in [6.07, 6.45) is 3.42. The van der Waals surface area contributed by atoms with E-state index in [9.17, 15) is 4.39 Å². The van der Waals surface area contributed by atoms with Crippen LogP contribution in [-0.2, 0) is 0 Å². The predicted octanol–water partition coefficient (Wildman–Crippen LogP) is 1.05. The van der Waals surface area contributed by atoms with E-state index >= 15 is 0 Å². The lowest BCUT2D eigenvalue weighted by atomic mass is 10.4. The summed E-state index contributed by atoms with van der Waals surface area (Å²) in [5, 5.41) is 3.07. The van der Waals surface area contributed by atoms with Crippen molar-refractivity contribution < 1.29 is 4.39 Å². The third-order valence-electron chi connectivity index (χ3n) is 2.01. The monoisotopic (exact) mass is 212 g/mol. The van der Waals surface area contributed by atoms with E-state index in [0.29, 0.717) is 5.95 Å². The first-order valence-corrected chi connectivity index (χ1v) is 5.15. The molecule has 0 atom stereocenters. The standard InChI is InChI=1S/C10H17FN4/c1-3-5-15(6-4-12-2)10-13-7-9(11)8-14-10/h7-8,12H,3-6H2,1-2H3. The van der Waals surface area contributed by atoms with Crippen LogP contribution < -0.4 is 10.2 Å². The Kier molecular flexibility index (Phi) is 4.97. The molecule has 0 aliphatic rings. The number of aromatic nitrogens is 2. The Bertz CT molecular complexity index is 275. The van der Waals surface area contributed by atoms with Crippen LogP contribution in [-0.4, -0.2) is 36.6 Å². The van der Waals surface area contributed by atoms with Crippen molar-refractivity contribution in [2.75, 3.05) is 31.6 Å². The molecule has 15 heavy (non-hydrogen) atoms. The van der Waals surface area contributed by atoms with Crippen LogP contribution in [0.4, 0.5) is 10.3 Å². The van der Waals surface area contributed by atoms with E-state index in [1.807, 2.05) is 11.9 Å². The van der Waals surface area contributed by atoms with Gasteiger partial charge >= 0.3 is 0 Å². The van der Waals surface area contributed by atoms with Gasteiger partial charge in [0.15, 0.2) is 5.82 Å². The molecule has 0 fully saturated rings. The molecule has 0 radical (unpaired) electrons. The second-order valence-corrected chi connectivity index (χ2v) is 3.29. The van der Waals surface area contributed by atoms with Crippen LogP contribution in [0.1, 0.15) is 13.3 Å². The third kappa shape index (κ3) is 3.79. The number of hydrogen-bond donors (Lipinski definition) is 1. The Balaban J connectivity index is 2.65. The van der Waals surface area contributed by atoms with E-state index in [2.05, 4.69) is 22.2 Å². The van der Waals surface area contributed by atoms with E-state index in [0.717, 1.165) is 26.1 Å². The maximum absolute atomic E-state index is 12.6. The van der Waals surface area contributed by atoms with E-state index in [1.165, 1.54) is 12.4 Å². The zero-order chi connectivity index (χ0) is 11.1. The van der Waals surface area contributed by atoms with Gasteiger partial charge in [-0.2, -0.15) is 0 Å². The molecule has 1 aromatic heterocycles. The van der Waals surface area contributed by atoms with Gasteiger partial charge in [-0.25, -0.2) is 14.4 Å². The normalized spacial score (nSPS) is 10.3. The van der Waals surface area contributed by atoms with Gasteiger partial charge in [-0.05, 0) is 13.5 Å². The lowest BCUT2D eigenvalue weighted by Crippen LogP contribution is -2.32. The summed E-state index contributed by atoms with van der Waals surface area (Å²) in [6.45, 7) is 4.67. The van der Waals surface area contributed by atoms with E-state index in [1.54, 1.807) is 0 Å². The largest absolute Gasteiger partial charge is 0.340 e. The second-order valence-electron chi connectivity index (χ2n) is 3.29. The van der Waals surface area contributed by atoms with Crippen molar-refractivity contribution in [3.8, 4) is 0 Å². The van der Waals surface area contributed by atoms with Crippen LogP contribution in [0.5, 0.6) is 0 Å². The molecule has 1 N–H and O–H groups in total. The average Bonchev–Trinajstić information content (AvgIpc) is 2.25. The molecule has 4 nitrogen and oxygen atoms in total. The van der Waals surface area contributed by atoms with Crippen LogP contribution in [0.3, 0.4) is 0 Å². The summed E-state index contributed by atoms with van der Waals surface area (Å²) in [5.41, 5.74) is 0. The van der Waals surface area contributed by atoms with E-state index in [-0.39, 0.29) is 0 Å². The van der Waals surface area contributed by atoms with Gasteiger partial charge in [-0.15, -0.1) is 0 Å². The number of hydrogen-bond acceptors (Lipinski definition) is 4. The van der Waals surface area contributed by atoms with Crippen LogP contribution in [0.25, 0.3) is 0 Å². The fraction of sp³-hybridized carbons (Fsp3) is 0.600. The molecule has 1 rings (SSSR count). The van der Waals surface area contributed by atoms with Crippen molar-refractivity contribution in [3.05, 3.63) is 18.2 Å². The van der Waals surface area contributed by atoms with E-state index < -0.39 is 5.82 Å².